The van der Waals surface area contributed by atoms with E-state index in [0.717, 1.165) is 82.2 Å². The average molecular weight is 1110 g/mol. The fourth-order valence-electron chi connectivity index (χ4n) is 12.0. The third kappa shape index (κ3) is 11.4. The minimum absolute atomic E-state index is 0.00276. The molecule has 8 heterocycles. The zero-order valence-electron chi connectivity index (χ0n) is 47.3. The van der Waals surface area contributed by atoms with Crippen LogP contribution in [-0.2, 0) is 18.8 Å². The third-order valence-corrected chi connectivity index (χ3v) is 16.4. The van der Waals surface area contributed by atoms with E-state index in [-0.39, 0.29) is 41.4 Å². The molecule has 422 valence electrons. The lowest BCUT2D eigenvalue weighted by Crippen LogP contribution is -2.46. The first-order valence-electron chi connectivity index (χ1n) is 28.0. The number of morpholine rings is 1. The molecule has 8 aromatic rings. The third-order valence-electron chi connectivity index (χ3n) is 16.4. The van der Waals surface area contributed by atoms with E-state index in [1.165, 1.54) is 6.21 Å². The normalized spacial score (nSPS) is 18.6. The number of aryl methyl sites for hydroxylation is 2. The number of nitrogen functional groups attached to an aromatic ring is 3. The van der Waals surface area contributed by atoms with Gasteiger partial charge in [-0.1, -0.05) is 12.1 Å². The van der Waals surface area contributed by atoms with Gasteiger partial charge in [-0.3, -0.25) is 30.6 Å². The van der Waals surface area contributed by atoms with Crippen LogP contribution in [0.2, 0.25) is 0 Å². The van der Waals surface area contributed by atoms with Crippen molar-refractivity contribution in [1.82, 2.24) is 34.5 Å². The Balaban J connectivity index is 0.857. The molecule has 5 atom stereocenters. The average Bonchev–Trinajstić information content (AvgIpc) is 4.43. The summed E-state index contributed by atoms with van der Waals surface area (Å²) in [6, 6.07) is 25.3. The zero-order chi connectivity index (χ0) is 58.1. The summed E-state index contributed by atoms with van der Waals surface area (Å²) < 4.78 is 9.59. The summed E-state index contributed by atoms with van der Waals surface area (Å²) in [4.78, 5) is 25.2. The molecule has 3 aromatic carbocycles. The van der Waals surface area contributed by atoms with Gasteiger partial charge in [0.15, 0.2) is 0 Å². The first-order valence-corrected chi connectivity index (χ1v) is 28.0. The number of nitrogens with one attached hydrogen (secondary N) is 4. The lowest BCUT2D eigenvalue weighted by molar-refractivity contribution is 0.0102. The second-order valence-corrected chi connectivity index (χ2v) is 22.0. The van der Waals surface area contributed by atoms with Gasteiger partial charge in [-0.25, -0.2) is 15.0 Å². The van der Waals surface area contributed by atoms with Gasteiger partial charge in [0.1, 0.15) is 17.5 Å². The molecule has 0 radical (unpaired) electrons. The maximum Gasteiger partial charge on any atom is 0.129 e. The van der Waals surface area contributed by atoms with E-state index in [1.807, 2.05) is 113 Å². The molecule has 0 amide bonds. The van der Waals surface area contributed by atoms with E-state index in [4.69, 9.17) is 42.3 Å². The molecule has 0 saturated carbocycles. The number of hydrogen-bond acceptors (Lipinski definition) is 17. The predicted molar refractivity (Wildman–Crippen MR) is 334 cm³/mol. The van der Waals surface area contributed by atoms with Gasteiger partial charge in [0.05, 0.1) is 47.7 Å². The molecular weight excluding hydrogens is 1040 g/mol. The number of nitrogens with two attached hydrogens (primary N) is 3. The summed E-state index contributed by atoms with van der Waals surface area (Å²) >= 11 is 0. The highest BCUT2D eigenvalue weighted by atomic mass is 16.5. The highest BCUT2D eigenvalue weighted by Gasteiger charge is 2.32. The lowest BCUT2D eigenvalue weighted by atomic mass is 9.84. The van der Waals surface area contributed by atoms with Crippen LogP contribution in [0.5, 0.6) is 0 Å². The molecule has 0 aliphatic carbocycles. The first kappa shape index (κ1) is 55.3. The predicted octanol–water partition coefficient (Wildman–Crippen LogP) is 9.26. The maximum absolute atomic E-state index is 9.92. The lowest BCUT2D eigenvalue weighted by Gasteiger charge is -2.36. The van der Waals surface area contributed by atoms with Crippen molar-refractivity contribution >= 4 is 64.1 Å². The molecule has 0 spiro atoms. The van der Waals surface area contributed by atoms with Crippen molar-refractivity contribution in [3.63, 3.8) is 0 Å². The Labute approximate surface area is 483 Å². The quantitative estimate of drug-likeness (QED) is 0.0255. The van der Waals surface area contributed by atoms with Crippen LogP contribution in [0.3, 0.4) is 0 Å². The SMILES string of the molecule is C=CC1CN(c2cc(C(=N)c3cc(-c4cnn(C)c4)cc(C4CCN(c5cc(C(=N)c6cc(-c7cnn(C)c7)cc(C7CCCN(c8cc(C(=N)c9cc(C(C=N)C=NC)ccc9N)ccn8)C7)c6N)ccn5)C4)c3N)ccn2)CC(C)O1. The topological polar surface area (TPSA) is 279 Å². The van der Waals surface area contributed by atoms with Gasteiger partial charge in [0.2, 0.25) is 0 Å². The number of pyridine rings is 3. The molecule has 3 saturated heterocycles. The number of benzene rings is 3. The van der Waals surface area contributed by atoms with Crippen molar-refractivity contribution in [2.45, 2.75) is 56.1 Å². The Morgan fingerprint density at radius 3 is 1.66 bits per heavy atom. The van der Waals surface area contributed by atoms with Gasteiger partial charge in [0.25, 0.3) is 0 Å². The number of hydrogen-bond donors (Lipinski definition) is 7. The van der Waals surface area contributed by atoms with Crippen molar-refractivity contribution in [3.8, 4) is 22.3 Å². The summed E-state index contributed by atoms with van der Waals surface area (Å²) in [5.41, 5.74) is 33.8. The van der Waals surface area contributed by atoms with Gasteiger partial charge >= 0.3 is 0 Å². The monoisotopic (exact) mass is 1110 g/mol. The van der Waals surface area contributed by atoms with Crippen molar-refractivity contribution in [3.05, 3.63) is 185 Å². The summed E-state index contributed by atoms with van der Waals surface area (Å²) in [5, 5.41) is 45.9. The Morgan fingerprint density at radius 1 is 0.639 bits per heavy atom. The van der Waals surface area contributed by atoms with Gasteiger partial charge < -0.3 is 42.0 Å². The van der Waals surface area contributed by atoms with E-state index >= 15 is 0 Å². The number of piperidine rings is 1. The summed E-state index contributed by atoms with van der Waals surface area (Å²) in [5.74, 6) is 1.94. The molecular formula is C64H70N18O. The number of anilines is 6. The summed E-state index contributed by atoms with van der Waals surface area (Å²) in [6.07, 6.45) is 20.2. The second kappa shape index (κ2) is 23.5. The minimum atomic E-state index is -0.329. The smallest absolute Gasteiger partial charge is 0.129 e. The van der Waals surface area contributed by atoms with E-state index in [1.54, 1.807) is 47.3 Å². The minimum Gasteiger partial charge on any atom is -0.398 e. The van der Waals surface area contributed by atoms with Crippen LogP contribution in [-0.4, -0.2) is 123 Å². The molecule has 19 heteroatoms. The van der Waals surface area contributed by atoms with Crippen molar-refractivity contribution in [2.24, 2.45) is 19.1 Å². The molecule has 5 unspecified atom stereocenters. The van der Waals surface area contributed by atoms with Gasteiger partial charge in [0, 0.05) is 177 Å². The number of ether oxygens (including phenoxy) is 1. The number of aromatic nitrogens is 7. The molecule has 3 aliphatic heterocycles. The molecule has 3 aliphatic rings. The molecule has 83 heavy (non-hydrogen) atoms. The first-order chi connectivity index (χ1) is 40.2. The number of nitrogens with zero attached hydrogens (tertiary/aromatic N) is 11. The molecule has 5 aromatic heterocycles. The summed E-state index contributed by atoms with van der Waals surface area (Å²) in [6.45, 7) is 10.0. The zero-order valence-corrected chi connectivity index (χ0v) is 47.3. The Bertz CT molecular complexity index is 3840. The van der Waals surface area contributed by atoms with Crippen LogP contribution in [0.4, 0.5) is 34.5 Å². The number of rotatable bonds is 17. The fraction of sp³-hybridized carbons (Fsp3) is 0.281. The van der Waals surface area contributed by atoms with Crippen LogP contribution >= 0.6 is 0 Å². The number of aliphatic imine (C=N–C) groups is 1. The second-order valence-electron chi connectivity index (χ2n) is 22.0. The highest BCUT2D eigenvalue weighted by molar-refractivity contribution is 6.16. The van der Waals surface area contributed by atoms with Crippen LogP contribution in [0.1, 0.15) is 94.0 Å². The van der Waals surface area contributed by atoms with Gasteiger partial charge in [-0.15, -0.1) is 6.58 Å². The molecule has 11 rings (SSSR count). The van der Waals surface area contributed by atoms with Gasteiger partial charge in [-0.2, -0.15) is 10.2 Å². The van der Waals surface area contributed by atoms with Crippen LogP contribution in [0.25, 0.3) is 22.3 Å². The molecule has 3 fully saturated rings. The Hall–Kier alpha value is -9.62. The molecule has 10 N–H and O–H groups in total. The van der Waals surface area contributed by atoms with Gasteiger partial charge in [-0.05, 0) is 127 Å². The van der Waals surface area contributed by atoms with E-state index in [0.29, 0.717) is 88.9 Å². The van der Waals surface area contributed by atoms with Crippen molar-refractivity contribution in [2.75, 3.05) is 78.2 Å². The molecule has 0 bridgehead atoms. The van der Waals surface area contributed by atoms with E-state index in [2.05, 4.69) is 48.6 Å². The Morgan fingerprint density at radius 2 is 1.16 bits per heavy atom. The standard InChI is InChI=1S/C64H70N18O/c1-6-50-37-82(32-38(2)83-50)59-27-42(13-17-75-59)62(69)55-24-46(49-31-77-79(5)34-49)22-52(64(55)71)44-14-19-81(36-44)58-26-41(12-16-74-58)61(68)54-23-45(48-30-76-78(4)33-48)21-51(63(54)70)43-8-7-18-80(35-43)57-25-40(11-15-73-57)60(67)53-20-39(9-10-56(53)66)47(28-65)29-72-3/h6,9-13,15-17,20-31,33-34,38,43-44,47,50,65,67-69H,1,7-8,14,18-19,32,35-37,66,70-71H2,2-5H3. The van der Waals surface area contributed by atoms with Crippen LogP contribution < -0.4 is 31.9 Å². The van der Waals surface area contributed by atoms with E-state index in [9.17, 15) is 16.2 Å². The largest absolute Gasteiger partial charge is 0.398 e. The van der Waals surface area contributed by atoms with Crippen molar-refractivity contribution < 1.29 is 4.74 Å². The highest BCUT2D eigenvalue weighted by Crippen LogP contribution is 2.41. The summed E-state index contributed by atoms with van der Waals surface area (Å²) in [7, 11) is 5.47. The van der Waals surface area contributed by atoms with Crippen LogP contribution in [0.15, 0.2) is 140 Å². The Kier molecular flexibility index (Phi) is 15.6. The molecule has 19 nitrogen and oxygen atoms in total. The van der Waals surface area contributed by atoms with Crippen LogP contribution in [0, 0.1) is 21.6 Å². The van der Waals surface area contributed by atoms with Crippen molar-refractivity contribution in [1.29, 1.82) is 21.6 Å². The maximum atomic E-state index is 9.92. The van der Waals surface area contributed by atoms with E-state index < -0.39 is 0 Å². The fourth-order valence-corrected chi connectivity index (χ4v) is 12.0.